The van der Waals surface area contributed by atoms with Crippen LogP contribution in [0.1, 0.15) is 34.1 Å². The number of anilines is 1. The number of amides is 2. The van der Waals surface area contributed by atoms with Crippen molar-refractivity contribution in [2.24, 2.45) is 11.8 Å². The molecule has 0 saturated carbocycles. The molecule has 1 aliphatic heterocycles. The molecule has 2 heterocycles. The van der Waals surface area contributed by atoms with Crippen LogP contribution in [-0.2, 0) is 9.59 Å². The van der Waals surface area contributed by atoms with E-state index < -0.39 is 0 Å². The molecule has 4 aromatic carbocycles. The van der Waals surface area contributed by atoms with E-state index in [-0.39, 0.29) is 42.2 Å². The fourth-order valence-corrected chi connectivity index (χ4v) is 6.90. The number of imide groups is 1. The summed E-state index contributed by atoms with van der Waals surface area (Å²) in [7, 11) is 0. The van der Waals surface area contributed by atoms with E-state index in [1.807, 2.05) is 66.7 Å². The van der Waals surface area contributed by atoms with E-state index in [0.717, 1.165) is 27.6 Å². The van der Waals surface area contributed by atoms with E-state index >= 15 is 0 Å². The summed E-state index contributed by atoms with van der Waals surface area (Å²) in [5.41, 5.74) is 7.18. The van der Waals surface area contributed by atoms with Gasteiger partial charge in [-0.2, -0.15) is 0 Å². The topological polar surface area (TPSA) is 62.6 Å². The van der Waals surface area contributed by atoms with E-state index in [0.29, 0.717) is 0 Å². The Morgan fingerprint density at radius 1 is 0.639 bits per heavy atom. The summed E-state index contributed by atoms with van der Waals surface area (Å²) < 4.78 is 6.00. The maximum absolute atomic E-state index is 13.8. The molecule has 5 heteroatoms. The van der Waals surface area contributed by atoms with E-state index in [9.17, 15) is 9.59 Å². The molecule has 36 heavy (non-hydrogen) atoms. The van der Waals surface area contributed by atoms with Crippen LogP contribution in [0.4, 0.5) is 5.69 Å². The van der Waals surface area contributed by atoms with Crippen LogP contribution >= 0.6 is 0 Å². The third-order valence-corrected chi connectivity index (χ3v) is 8.36. The summed E-state index contributed by atoms with van der Waals surface area (Å²) in [6.07, 6.45) is 0. The van der Waals surface area contributed by atoms with Gasteiger partial charge in [-0.1, -0.05) is 66.7 Å². The summed E-state index contributed by atoms with van der Waals surface area (Å²) in [5.74, 6) is -1.04. The van der Waals surface area contributed by atoms with Crippen molar-refractivity contribution in [3.8, 4) is 0 Å². The van der Waals surface area contributed by atoms with Gasteiger partial charge in [0.1, 0.15) is 11.2 Å². The lowest BCUT2D eigenvalue weighted by molar-refractivity contribution is -0.139. The van der Waals surface area contributed by atoms with Crippen LogP contribution in [0.25, 0.3) is 21.9 Å². The second-order valence-corrected chi connectivity index (χ2v) is 10.0. The quantitative estimate of drug-likeness (QED) is 0.336. The fourth-order valence-electron chi connectivity index (χ4n) is 6.90. The number of likely N-dealkylation sites (tertiary alicyclic amines) is 1. The summed E-state index contributed by atoms with van der Waals surface area (Å²) in [6.45, 7) is 0.141. The molecule has 0 unspecified atom stereocenters. The minimum atomic E-state index is -0.355. The number of hydrogen-bond donors (Lipinski definition) is 1. The molecular weight excluding hydrogens is 448 g/mol. The van der Waals surface area contributed by atoms with Gasteiger partial charge >= 0.3 is 0 Å². The van der Waals surface area contributed by atoms with Gasteiger partial charge in [-0.3, -0.25) is 14.5 Å². The highest BCUT2D eigenvalue weighted by Crippen LogP contribution is 2.60. The smallest absolute Gasteiger partial charge is 0.235 e. The van der Waals surface area contributed by atoms with Gasteiger partial charge in [0.15, 0.2) is 0 Å². The highest BCUT2D eigenvalue weighted by Gasteiger charge is 2.61. The van der Waals surface area contributed by atoms with E-state index in [1.54, 1.807) is 0 Å². The van der Waals surface area contributed by atoms with Gasteiger partial charge in [-0.25, -0.2) is 0 Å². The predicted octanol–water partition coefficient (Wildman–Crippen LogP) is 5.85. The normalized spacial score (nSPS) is 23.7. The summed E-state index contributed by atoms with van der Waals surface area (Å²) in [6, 6.07) is 30.5. The minimum Gasteiger partial charge on any atom is -0.456 e. The lowest BCUT2D eigenvalue weighted by Gasteiger charge is -2.45. The fraction of sp³-hybridized carbons (Fsp3) is 0.161. The van der Waals surface area contributed by atoms with Gasteiger partial charge in [0.05, 0.1) is 18.5 Å². The number of benzene rings is 4. The Balaban J connectivity index is 1.13. The minimum absolute atomic E-state index is 0.0821. The number of nitrogens with zero attached hydrogens (tertiary/aromatic N) is 1. The van der Waals surface area contributed by atoms with E-state index in [2.05, 4.69) is 29.6 Å². The molecule has 4 aliphatic rings. The van der Waals surface area contributed by atoms with Crippen LogP contribution in [0.2, 0.25) is 0 Å². The first-order chi connectivity index (χ1) is 17.7. The third-order valence-electron chi connectivity index (χ3n) is 8.36. The summed E-state index contributed by atoms with van der Waals surface area (Å²) >= 11 is 0. The molecule has 1 N–H and O–H groups in total. The molecule has 174 valence electrons. The lowest BCUT2D eigenvalue weighted by Crippen LogP contribution is -2.41. The molecule has 9 rings (SSSR count). The Hall–Kier alpha value is -4.38. The maximum atomic E-state index is 13.8. The van der Waals surface area contributed by atoms with Crippen LogP contribution in [0, 0.1) is 11.8 Å². The monoisotopic (exact) mass is 470 g/mol. The molecular formula is C31H22N2O3. The molecule has 5 aromatic rings. The molecule has 2 bridgehead atoms. The Morgan fingerprint density at radius 3 is 1.78 bits per heavy atom. The van der Waals surface area contributed by atoms with Crippen molar-refractivity contribution in [1.29, 1.82) is 0 Å². The zero-order valence-electron chi connectivity index (χ0n) is 19.3. The second kappa shape index (κ2) is 7.08. The zero-order chi connectivity index (χ0) is 24.0. The highest BCUT2D eigenvalue weighted by molar-refractivity contribution is 6.08. The number of nitrogens with one attached hydrogen (secondary N) is 1. The Morgan fingerprint density at radius 2 is 1.17 bits per heavy atom. The van der Waals surface area contributed by atoms with Gasteiger partial charge in [0.25, 0.3) is 0 Å². The van der Waals surface area contributed by atoms with Crippen molar-refractivity contribution in [2.75, 3.05) is 12.0 Å². The second-order valence-electron chi connectivity index (χ2n) is 10.0. The first kappa shape index (κ1) is 19.9. The number of carbonyl (C=O) groups is 2. The first-order valence-electron chi connectivity index (χ1n) is 12.4. The van der Waals surface area contributed by atoms with E-state index in [1.165, 1.54) is 27.2 Å². The number of rotatable bonds is 3. The Kier molecular flexibility index (Phi) is 3.91. The lowest BCUT2D eigenvalue weighted by atomic mass is 9.55. The van der Waals surface area contributed by atoms with Crippen molar-refractivity contribution in [3.63, 3.8) is 0 Å². The Labute approximate surface area is 207 Å². The van der Waals surface area contributed by atoms with Gasteiger partial charge < -0.3 is 9.73 Å². The number of hydrogen-bond acceptors (Lipinski definition) is 4. The van der Waals surface area contributed by atoms with Crippen molar-refractivity contribution in [2.45, 2.75) is 11.8 Å². The molecule has 2 atom stereocenters. The van der Waals surface area contributed by atoms with Crippen molar-refractivity contribution in [1.82, 2.24) is 4.90 Å². The van der Waals surface area contributed by atoms with Gasteiger partial charge in [-0.15, -0.1) is 0 Å². The number of carbonyl (C=O) groups excluding carboxylic acids is 2. The molecule has 1 fully saturated rings. The molecule has 2 amide bonds. The molecule has 5 nitrogen and oxygen atoms in total. The summed E-state index contributed by atoms with van der Waals surface area (Å²) in [4.78, 5) is 28.9. The molecule has 1 saturated heterocycles. The molecule has 0 radical (unpaired) electrons. The maximum Gasteiger partial charge on any atom is 0.235 e. The molecule has 0 spiro atoms. The SMILES string of the molecule is O=C1[C@@H]2C3c4ccccc4C(c4ccccc43)[C@@H]2C(=O)N1CNc1ccc2c(c1)oc1ccccc12. The largest absolute Gasteiger partial charge is 0.456 e. The standard InChI is InChI=1S/C31H22N2O3/c34-30-28-26-20-8-1-2-9-21(20)27(23-11-4-3-10-22(23)26)29(28)31(35)33(30)16-32-17-13-14-19-18-7-5-6-12-24(18)36-25(19)15-17/h1-15,26-29,32H,16H2/t26?,27?,28-,29+. The van der Waals surface area contributed by atoms with Crippen LogP contribution in [0.3, 0.4) is 0 Å². The van der Waals surface area contributed by atoms with E-state index in [4.69, 9.17) is 4.42 Å². The van der Waals surface area contributed by atoms with Gasteiger partial charge in [0, 0.05) is 34.4 Å². The average Bonchev–Trinajstić information content (AvgIpc) is 3.41. The third kappa shape index (κ3) is 2.49. The number of fused-ring (bicyclic) bond motifs is 3. The first-order valence-corrected chi connectivity index (χ1v) is 12.4. The van der Waals surface area contributed by atoms with Gasteiger partial charge in [-0.05, 0) is 40.5 Å². The molecule has 3 aliphatic carbocycles. The zero-order valence-corrected chi connectivity index (χ0v) is 19.3. The van der Waals surface area contributed by atoms with Gasteiger partial charge in [0.2, 0.25) is 11.8 Å². The van der Waals surface area contributed by atoms with Crippen molar-refractivity contribution in [3.05, 3.63) is 113 Å². The highest BCUT2D eigenvalue weighted by atomic mass is 16.3. The van der Waals surface area contributed by atoms with Crippen LogP contribution in [-0.4, -0.2) is 23.4 Å². The van der Waals surface area contributed by atoms with Crippen LogP contribution in [0.5, 0.6) is 0 Å². The van der Waals surface area contributed by atoms with Crippen molar-refractivity contribution < 1.29 is 14.0 Å². The predicted molar refractivity (Wildman–Crippen MR) is 138 cm³/mol. The van der Waals surface area contributed by atoms with Crippen LogP contribution in [0.15, 0.2) is 95.4 Å². The molecule has 1 aromatic heterocycles. The average molecular weight is 471 g/mol. The number of para-hydroxylation sites is 1. The summed E-state index contributed by atoms with van der Waals surface area (Å²) in [5, 5.41) is 5.43. The Bertz CT molecular complexity index is 1620. The van der Waals surface area contributed by atoms with Crippen LogP contribution < -0.4 is 5.32 Å². The van der Waals surface area contributed by atoms with Crippen molar-refractivity contribution >= 4 is 39.4 Å². The number of furan rings is 1.